The molecule has 0 bridgehead atoms. The monoisotopic (exact) mass is 324 g/mol. The third-order valence-electron chi connectivity index (χ3n) is 2.53. The highest BCUT2D eigenvalue weighted by Crippen LogP contribution is 2.04. The first kappa shape index (κ1) is 13.5. The minimum atomic E-state index is -0.202. The quantitative estimate of drug-likeness (QED) is 0.849. The van der Waals surface area contributed by atoms with E-state index in [0.717, 1.165) is 10.2 Å². The first-order chi connectivity index (χ1) is 9.15. The van der Waals surface area contributed by atoms with Gasteiger partial charge in [0.05, 0.1) is 6.33 Å². The number of imidazole rings is 1. The van der Waals surface area contributed by atoms with Gasteiger partial charge in [-0.15, -0.1) is 0 Å². The molecule has 0 spiro atoms. The number of nitrogens with zero attached hydrogens (tertiary/aromatic N) is 2. The number of carbonyl (C=O) groups is 1. The third-order valence-corrected chi connectivity index (χ3v) is 3.00. The second-order valence-corrected chi connectivity index (χ2v) is 4.91. The minimum Gasteiger partial charge on any atom is -0.354 e. The standard InChI is InChI=1S/C12H13BrN4O2/c13-9-1-2-12(19)17(6-9)7-11(18)15-4-3-10-5-14-8-16-10/h1-2,5-6,8H,3-4,7H2,(H,14,16)(H,15,18). The van der Waals surface area contributed by atoms with Gasteiger partial charge in [0.25, 0.3) is 5.56 Å². The van der Waals surface area contributed by atoms with E-state index < -0.39 is 0 Å². The third kappa shape index (κ3) is 4.06. The van der Waals surface area contributed by atoms with Crippen molar-refractivity contribution in [3.05, 3.63) is 51.4 Å². The van der Waals surface area contributed by atoms with Gasteiger partial charge in [-0.3, -0.25) is 9.59 Å². The van der Waals surface area contributed by atoms with Gasteiger partial charge in [0.15, 0.2) is 0 Å². The molecule has 0 aromatic carbocycles. The Balaban J connectivity index is 1.84. The zero-order valence-electron chi connectivity index (χ0n) is 10.1. The van der Waals surface area contributed by atoms with E-state index in [1.165, 1.54) is 10.6 Å². The van der Waals surface area contributed by atoms with Gasteiger partial charge in [-0.1, -0.05) is 0 Å². The first-order valence-electron chi connectivity index (χ1n) is 5.75. The number of aromatic nitrogens is 3. The van der Waals surface area contributed by atoms with Gasteiger partial charge in [0, 0.05) is 41.6 Å². The van der Waals surface area contributed by atoms with Crippen LogP contribution in [0.2, 0.25) is 0 Å². The maximum Gasteiger partial charge on any atom is 0.251 e. The van der Waals surface area contributed by atoms with Gasteiger partial charge in [0.1, 0.15) is 6.54 Å². The maximum absolute atomic E-state index is 11.7. The van der Waals surface area contributed by atoms with Gasteiger partial charge in [-0.05, 0) is 22.0 Å². The van der Waals surface area contributed by atoms with E-state index in [1.54, 1.807) is 24.8 Å². The number of aromatic amines is 1. The summed E-state index contributed by atoms with van der Waals surface area (Å²) in [6, 6.07) is 3.07. The fraction of sp³-hybridized carbons (Fsp3) is 0.250. The number of pyridine rings is 1. The lowest BCUT2D eigenvalue weighted by Gasteiger charge is -2.07. The van der Waals surface area contributed by atoms with Crippen LogP contribution in [0, 0.1) is 0 Å². The normalized spacial score (nSPS) is 10.4. The summed E-state index contributed by atoms with van der Waals surface area (Å²) in [6.45, 7) is 0.519. The van der Waals surface area contributed by atoms with Crippen molar-refractivity contribution in [2.75, 3.05) is 6.54 Å². The Morgan fingerprint density at radius 3 is 3.05 bits per heavy atom. The molecule has 0 saturated carbocycles. The van der Waals surface area contributed by atoms with E-state index in [9.17, 15) is 9.59 Å². The molecule has 100 valence electrons. The summed E-state index contributed by atoms with van der Waals surface area (Å²) in [6.07, 6.45) is 5.58. The van der Waals surface area contributed by atoms with E-state index >= 15 is 0 Å². The van der Waals surface area contributed by atoms with Crippen LogP contribution in [-0.2, 0) is 17.8 Å². The molecular formula is C12H13BrN4O2. The molecule has 2 rings (SSSR count). The number of nitrogens with one attached hydrogen (secondary N) is 2. The molecule has 0 fully saturated rings. The number of H-pyrrole nitrogens is 1. The molecular weight excluding hydrogens is 312 g/mol. The van der Waals surface area contributed by atoms with Crippen LogP contribution in [-0.4, -0.2) is 27.0 Å². The van der Waals surface area contributed by atoms with Crippen molar-refractivity contribution in [3.63, 3.8) is 0 Å². The van der Waals surface area contributed by atoms with Crippen LogP contribution in [0.3, 0.4) is 0 Å². The lowest BCUT2D eigenvalue weighted by molar-refractivity contribution is -0.121. The van der Waals surface area contributed by atoms with Crippen LogP contribution in [0.1, 0.15) is 5.69 Å². The number of amides is 1. The molecule has 0 aliphatic heterocycles. The fourth-order valence-corrected chi connectivity index (χ4v) is 1.97. The summed E-state index contributed by atoms with van der Waals surface area (Å²) >= 11 is 3.26. The molecule has 1 amide bonds. The van der Waals surface area contributed by atoms with Crippen LogP contribution in [0.5, 0.6) is 0 Å². The second-order valence-electron chi connectivity index (χ2n) is 3.99. The molecule has 0 saturated heterocycles. The lowest BCUT2D eigenvalue weighted by atomic mass is 10.3. The average Bonchev–Trinajstić information content (AvgIpc) is 2.87. The Bertz CT molecular complexity index is 606. The van der Waals surface area contributed by atoms with Gasteiger partial charge in [-0.25, -0.2) is 4.98 Å². The van der Waals surface area contributed by atoms with Crippen LogP contribution in [0.4, 0.5) is 0 Å². The highest BCUT2D eigenvalue weighted by atomic mass is 79.9. The average molecular weight is 325 g/mol. The predicted octanol–water partition coefficient (Wildman–Crippen LogP) is 0.693. The summed E-state index contributed by atoms with van der Waals surface area (Å²) in [5, 5.41) is 2.75. The molecule has 19 heavy (non-hydrogen) atoms. The summed E-state index contributed by atoms with van der Waals surface area (Å²) in [7, 11) is 0. The summed E-state index contributed by atoms with van der Waals surface area (Å²) in [4.78, 5) is 30.1. The fourth-order valence-electron chi connectivity index (χ4n) is 1.59. The molecule has 2 aromatic rings. The second kappa shape index (κ2) is 6.33. The summed E-state index contributed by atoms with van der Waals surface area (Å²) in [5.74, 6) is -0.195. The van der Waals surface area contributed by atoms with Gasteiger partial charge < -0.3 is 14.9 Å². The van der Waals surface area contributed by atoms with Crippen LogP contribution < -0.4 is 10.9 Å². The Morgan fingerprint density at radius 2 is 2.32 bits per heavy atom. The molecule has 0 atom stereocenters. The largest absolute Gasteiger partial charge is 0.354 e. The molecule has 2 N–H and O–H groups in total. The number of hydrogen-bond donors (Lipinski definition) is 2. The number of halogens is 1. The number of rotatable bonds is 5. The zero-order chi connectivity index (χ0) is 13.7. The Hall–Kier alpha value is -1.89. The summed E-state index contributed by atoms with van der Waals surface area (Å²) in [5.41, 5.74) is 0.756. The molecule has 2 aromatic heterocycles. The van der Waals surface area contributed by atoms with E-state index in [-0.39, 0.29) is 18.0 Å². The summed E-state index contributed by atoms with van der Waals surface area (Å²) < 4.78 is 2.12. The van der Waals surface area contributed by atoms with Crippen molar-refractivity contribution in [1.29, 1.82) is 0 Å². The lowest BCUT2D eigenvalue weighted by Crippen LogP contribution is -2.33. The Kier molecular flexibility index (Phi) is 4.51. The van der Waals surface area contributed by atoms with E-state index in [4.69, 9.17) is 0 Å². The minimum absolute atomic E-state index is 0.0151. The number of hydrogen-bond acceptors (Lipinski definition) is 3. The number of carbonyl (C=O) groups excluding carboxylic acids is 1. The predicted molar refractivity (Wildman–Crippen MR) is 73.7 cm³/mol. The highest BCUT2D eigenvalue weighted by molar-refractivity contribution is 9.10. The Morgan fingerprint density at radius 1 is 1.47 bits per heavy atom. The van der Waals surface area contributed by atoms with Gasteiger partial charge in [-0.2, -0.15) is 0 Å². The van der Waals surface area contributed by atoms with Gasteiger partial charge >= 0.3 is 0 Å². The maximum atomic E-state index is 11.7. The smallest absolute Gasteiger partial charge is 0.251 e. The van der Waals surface area contributed by atoms with Crippen molar-refractivity contribution in [2.24, 2.45) is 0 Å². The molecule has 2 heterocycles. The molecule has 7 heteroatoms. The molecule has 0 aliphatic carbocycles. The van der Waals surface area contributed by atoms with Crippen molar-refractivity contribution in [3.8, 4) is 0 Å². The topological polar surface area (TPSA) is 79.8 Å². The van der Waals surface area contributed by atoms with Crippen molar-refractivity contribution >= 4 is 21.8 Å². The van der Waals surface area contributed by atoms with Crippen LogP contribution in [0.15, 0.2) is 40.1 Å². The molecule has 0 radical (unpaired) electrons. The van der Waals surface area contributed by atoms with Crippen molar-refractivity contribution in [2.45, 2.75) is 13.0 Å². The first-order valence-corrected chi connectivity index (χ1v) is 6.54. The van der Waals surface area contributed by atoms with E-state index in [2.05, 4.69) is 31.2 Å². The van der Waals surface area contributed by atoms with Crippen molar-refractivity contribution < 1.29 is 4.79 Å². The van der Waals surface area contributed by atoms with Crippen LogP contribution in [0.25, 0.3) is 0 Å². The SMILES string of the molecule is O=C(Cn1cc(Br)ccc1=O)NCCc1cnc[nH]1. The highest BCUT2D eigenvalue weighted by Gasteiger charge is 2.04. The Labute approximate surface area is 118 Å². The molecule has 6 nitrogen and oxygen atoms in total. The van der Waals surface area contributed by atoms with E-state index in [0.29, 0.717) is 13.0 Å². The van der Waals surface area contributed by atoms with E-state index in [1.807, 2.05) is 0 Å². The zero-order valence-corrected chi connectivity index (χ0v) is 11.7. The van der Waals surface area contributed by atoms with Gasteiger partial charge in [0.2, 0.25) is 5.91 Å². The molecule has 0 unspecified atom stereocenters. The van der Waals surface area contributed by atoms with Crippen LogP contribution >= 0.6 is 15.9 Å². The van der Waals surface area contributed by atoms with Crippen molar-refractivity contribution in [1.82, 2.24) is 19.9 Å². The molecule has 0 aliphatic rings.